The van der Waals surface area contributed by atoms with Gasteiger partial charge in [0.25, 0.3) is 0 Å². The molecule has 1 unspecified atom stereocenters. The molecule has 0 aliphatic heterocycles. The zero-order valence-corrected chi connectivity index (χ0v) is 12.9. The van der Waals surface area contributed by atoms with E-state index in [4.69, 9.17) is 10.8 Å². The summed E-state index contributed by atoms with van der Waals surface area (Å²) in [6.45, 7) is 7.38. The van der Waals surface area contributed by atoms with E-state index >= 15 is 0 Å². The molecule has 0 aromatic carbocycles. The van der Waals surface area contributed by atoms with Crippen LogP contribution in [0.4, 0.5) is 0 Å². The van der Waals surface area contributed by atoms with Crippen molar-refractivity contribution < 1.29 is 14.7 Å². The molecule has 116 valence electrons. The Morgan fingerprint density at radius 1 is 1.30 bits per heavy atom. The molecule has 0 aromatic rings. The number of carboxylic acids is 1. The molecule has 0 heterocycles. The summed E-state index contributed by atoms with van der Waals surface area (Å²) < 4.78 is 0. The number of nitrogens with two attached hydrogens (primary N) is 1. The smallest absolute Gasteiger partial charge is 0.311 e. The topological polar surface area (TPSA) is 92.4 Å². The molecule has 0 saturated heterocycles. The van der Waals surface area contributed by atoms with Crippen molar-refractivity contribution in [1.82, 2.24) is 5.32 Å². The van der Waals surface area contributed by atoms with Gasteiger partial charge in [0.15, 0.2) is 0 Å². The number of carboxylic acid groups (broad SMARTS) is 1. The van der Waals surface area contributed by atoms with Gasteiger partial charge >= 0.3 is 5.97 Å². The minimum atomic E-state index is -0.798. The van der Waals surface area contributed by atoms with Gasteiger partial charge in [-0.2, -0.15) is 0 Å². The number of nitrogens with one attached hydrogen (secondary N) is 1. The second-order valence-corrected chi connectivity index (χ2v) is 7.04. The molecule has 5 heteroatoms. The number of hydrogen-bond acceptors (Lipinski definition) is 3. The predicted molar refractivity (Wildman–Crippen MR) is 78.2 cm³/mol. The lowest BCUT2D eigenvalue weighted by Gasteiger charge is -2.30. The van der Waals surface area contributed by atoms with Crippen LogP contribution in [-0.2, 0) is 9.59 Å². The van der Waals surface area contributed by atoms with Gasteiger partial charge in [-0.3, -0.25) is 9.59 Å². The van der Waals surface area contributed by atoms with Crippen LogP contribution in [0.1, 0.15) is 52.9 Å². The third-order valence-electron chi connectivity index (χ3n) is 4.39. The number of carbonyl (C=O) groups excluding carboxylic acids is 1. The molecular formula is C15H28N2O3. The van der Waals surface area contributed by atoms with Crippen LogP contribution in [0.15, 0.2) is 0 Å². The molecule has 0 bridgehead atoms. The first-order valence-corrected chi connectivity index (χ1v) is 7.41. The second-order valence-electron chi connectivity index (χ2n) is 7.04. The Labute approximate surface area is 121 Å². The molecule has 1 atom stereocenters. The van der Waals surface area contributed by atoms with E-state index in [1.54, 1.807) is 0 Å². The molecule has 1 aliphatic rings. The lowest BCUT2D eigenvalue weighted by atomic mass is 9.76. The normalized spacial score (nSPS) is 18.4. The predicted octanol–water partition coefficient (Wildman–Crippen LogP) is 1.76. The maximum Gasteiger partial charge on any atom is 0.311 e. The van der Waals surface area contributed by atoms with Crippen molar-refractivity contribution in [1.29, 1.82) is 0 Å². The van der Waals surface area contributed by atoms with Gasteiger partial charge in [0.1, 0.15) is 0 Å². The molecule has 5 nitrogen and oxygen atoms in total. The summed E-state index contributed by atoms with van der Waals surface area (Å²) in [7, 11) is 0. The molecular weight excluding hydrogens is 256 g/mol. The third kappa shape index (κ3) is 4.78. The maximum absolute atomic E-state index is 11.8. The number of hydrogen-bond donors (Lipinski definition) is 3. The van der Waals surface area contributed by atoms with Crippen molar-refractivity contribution in [3.8, 4) is 0 Å². The van der Waals surface area contributed by atoms with Crippen LogP contribution in [-0.4, -0.2) is 30.1 Å². The summed E-state index contributed by atoms with van der Waals surface area (Å²) in [5.74, 6) is -0.440. The van der Waals surface area contributed by atoms with Crippen LogP contribution in [0.3, 0.4) is 0 Å². The molecule has 1 amide bonds. The van der Waals surface area contributed by atoms with Gasteiger partial charge < -0.3 is 16.2 Å². The van der Waals surface area contributed by atoms with E-state index in [0.717, 1.165) is 12.8 Å². The summed E-state index contributed by atoms with van der Waals surface area (Å²) in [6.07, 6.45) is 3.49. The lowest BCUT2D eigenvalue weighted by Crippen LogP contribution is -2.34. The van der Waals surface area contributed by atoms with Gasteiger partial charge in [-0.1, -0.05) is 20.8 Å². The van der Waals surface area contributed by atoms with Gasteiger partial charge in [0.2, 0.25) is 5.91 Å². The lowest BCUT2D eigenvalue weighted by molar-refractivity contribution is -0.143. The van der Waals surface area contributed by atoms with Crippen molar-refractivity contribution in [3.05, 3.63) is 0 Å². The SMILES string of the molecule is CC(C)(C)C(CCN)CCC(=O)NCC1(C(=O)O)CC1. The number of carbonyl (C=O) groups is 2. The molecule has 1 saturated carbocycles. The average Bonchev–Trinajstić information content (AvgIpc) is 3.11. The van der Waals surface area contributed by atoms with E-state index in [2.05, 4.69) is 26.1 Å². The van der Waals surface area contributed by atoms with E-state index in [1.807, 2.05) is 0 Å². The van der Waals surface area contributed by atoms with E-state index in [9.17, 15) is 9.59 Å². The minimum absolute atomic E-state index is 0.0520. The van der Waals surface area contributed by atoms with Crippen molar-refractivity contribution in [2.24, 2.45) is 22.5 Å². The summed E-state index contributed by atoms with van der Waals surface area (Å²) in [4.78, 5) is 22.9. The third-order valence-corrected chi connectivity index (χ3v) is 4.39. The standard InChI is InChI=1S/C15H28N2O3/c1-14(2,3)11(6-9-16)4-5-12(18)17-10-15(7-8-15)13(19)20/h11H,4-10,16H2,1-3H3,(H,17,18)(H,19,20). The summed E-state index contributed by atoms with van der Waals surface area (Å²) in [5, 5.41) is 11.8. The molecule has 1 rings (SSSR count). The van der Waals surface area contributed by atoms with Crippen LogP contribution in [0, 0.1) is 16.7 Å². The van der Waals surface area contributed by atoms with Crippen molar-refractivity contribution >= 4 is 11.9 Å². The molecule has 4 N–H and O–H groups in total. The average molecular weight is 284 g/mol. The zero-order chi connectivity index (χ0) is 15.4. The van der Waals surface area contributed by atoms with Crippen molar-refractivity contribution in [2.45, 2.75) is 52.9 Å². The minimum Gasteiger partial charge on any atom is -0.481 e. The number of rotatable bonds is 8. The quantitative estimate of drug-likeness (QED) is 0.633. The van der Waals surface area contributed by atoms with Crippen LogP contribution >= 0.6 is 0 Å². The van der Waals surface area contributed by atoms with E-state index in [1.165, 1.54) is 0 Å². The van der Waals surface area contributed by atoms with Gasteiger partial charge in [-0.15, -0.1) is 0 Å². The zero-order valence-electron chi connectivity index (χ0n) is 12.9. The van der Waals surface area contributed by atoms with Crippen LogP contribution in [0.5, 0.6) is 0 Å². The largest absolute Gasteiger partial charge is 0.481 e. The first kappa shape index (κ1) is 17.0. The fourth-order valence-electron chi connectivity index (χ4n) is 2.49. The first-order chi connectivity index (χ1) is 9.21. The van der Waals surface area contributed by atoms with E-state index in [-0.39, 0.29) is 17.9 Å². The maximum atomic E-state index is 11.8. The van der Waals surface area contributed by atoms with Crippen molar-refractivity contribution in [3.63, 3.8) is 0 Å². The van der Waals surface area contributed by atoms with E-state index < -0.39 is 11.4 Å². The number of amides is 1. The van der Waals surface area contributed by atoms with Gasteiger partial charge in [0, 0.05) is 13.0 Å². The van der Waals surface area contributed by atoms with Crippen LogP contribution in [0.25, 0.3) is 0 Å². The molecule has 0 spiro atoms. The fourth-order valence-corrected chi connectivity index (χ4v) is 2.49. The summed E-state index contributed by atoms with van der Waals surface area (Å²) in [5.41, 5.74) is 5.08. The second kappa shape index (κ2) is 6.57. The molecule has 1 fully saturated rings. The Balaban J connectivity index is 2.33. The highest BCUT2D eigenvalue weighted by molar-refractivity contribution is 5.80. The van der Waals surface area contributed by atoms with E-state index in [0.29, 0.717) is 31.7 Å². The Hall–Kier alpha value is -1.10. The highest BCUT2D eigenvalue weighted by atomic mass is 16.4. The molecule has 1 aliphatic carbocycles. The Bertz CT molecular complexity index is 357. The summed E-state index contributed by atoms with van der Waals surface area (Å²) in [6, 6.07) is 0. The monoisotopic (exact) mass is 284 g/mol. The highest BCUT2D eigenvalue weighted by Gasteiger charge is 2.50. The Kier molecular flexibility index (Phi) is 5.57. The fraction of sp³-hybridized carbons (Fsp3) is 0.867. The molecule has 0 radical (unpaired) electrons. The van der Waals surface area contributed by atoms with Gasteiger partial charge in [-0.05, 0) is 43.6 Å². The van der Waals surface area contributed by atoms with Crippen molar-refractivity contribution in [2.75, 3.05) is 13.1 Å². The van der Waals surface area contributed by atoms with Crippen LogP contribution in [0.2, 0.25) is 0 Å². The van der Waals surface area contributed by atoms with Crippen LogP contribution < -0.4 is 11.1 Å². The Morgan fingerprint density at radius 2 is 1.90 bits per heavy atom. The number of aliphatic carboxylic acids is 1. The van der Waals surface area contributed by atoms with Gasteiger partial charge in [0.05, 0.1) is 5.41 Å². The van der Waals surface area contributed by atoms with Gasteiger partial charge in [-0.25, -0.2) is 0 Å². The molecule has 0 aromatic heterocycles. The first-order valence-electron chi connectivity index (χ1n) is 7.41. The highest BCUT2D eigenvalue weighted by Crippen LogP contribution is 2.45. The Morgan fingerprint density at radius 3 is 2.30 bits per heavy atom. The molecule has 20 heavy (non-hydrogen) atoms. The summed E-state index contributed by atoms with van der Waals surface area (Å²) >= 11 is 0.